The molecule has 1 saturated heterocycles. The maximum atomic E-state index is 9.72. The van der Waals surface area contributed by atoms with Crippen molar-refractivity contribution in [3.05, 3.63) is 33.3 Å². The third kappa shape index (κ3) is 2.57. The number of halogens is 1. The molecule has 0 unspecified atom stereocenters. The van der Waals surface area contributed by atoms with Crippen LogP contribution >= 0.6 is 15.9 Å². The Labute approximate surface area is 138 Å². The highest BCUT2D eigenvalue weighted by molar-refractivity contribution is 9.10. The monoisotopic (exact) mass is 359 g/mol. The molecule has 0 radical (unpaired) electrons. The van der Waals surface area contributed by atoms with Crippen molar-refractivity contribution in [2.75, 3.05) is 31.2 Å². The Morgan fingerprint density at radius 2 is 2.09 bits per heavy atom. The summed E-state index contributed by atoms with van der Waals surface area (Å²) in [5, 5.41) is 10.6. The first-order valence-corrected chi connectivity index (χ1v) is 8.30. The van der Waals surface area contributed by atoms with Crippen LogP contribution in [0.3, 0.4) is 0 Å². The second-order valence-corrected chi connectivity index (χ2v) is 6.35. The van der Waals surface area contributed by atoms with Crippen molar-refractivity contribution in [2.24, 2.45) is 0 Å². The average molecular weight is 360 g/mol. The van der Waals surface area contributed by atoms with Gasteiger partial charge in [-0.15, -0.1) is 0 Å². The van der Waals surface area contributed by atoms with E-state index in [4.69, 9.17) is 9.72 Å². The van der Waals surface area contributed by atoms with Crippen LogP contribution in [0, 0.1) is 18.3 Å². The van der Waals surface area contributed by atoms with E-state index in [-0.39, 0.29) is 0 Å². The first-order valence-electron chi connectivity index (χ1n) is 7.51. The van der Waals surface area contributed by atoms with Crippen molar-refractivity contribution in [1.29, 1.82) is 5.26 Å². The van der Waals surface area contributed by atoms with Crippen LogP contribution in [0.4, 0.5) is 5.82 Å². The number of nitriles is 1. The van der Waals surface area contributed by atoms with Gasteiger partial charge in [0.15, 0.2) is 0 Å². The van der Waals surface area contributed by atoms with Crippen LogP contribution in [0.1, 0.15) is 23.6 Å². The zero-order valence-corrected chi connectivity index (χ0v) is 14.4. The van der Waals surface area contributed by atoms with Gasteiger partial charge >= 0.3 is 0 Å². The molecule has 0 saturated carbocycles. The molecule has 1 aromatic carbocycles. The lowest BCUT2D eigenvalue weighted by Crippen LogP contribution is -2.37. The molecule has 0 aliphatic carbocycles. The lowest BCUT2D eigenvalue weighted by molar-refractivity contribution is 0.122. The average Bonchev–Trinajstić information content (AvgIpc) is 2.54. The lowest BCUT2D eigenvalue weighted by atomic mass is 9.99. The minimum atomic E-state index is 0.708. The van der Waals surface area contributed by atoms with Crippen LogP contribution < -0.4 is 4.90 Å². The van der Waals surface area contributed by atoms with Gasteiger partial charge < -0.3 is 9.64 Å². The summed E-state index contributed by atoms with van der Waals surface area (Å²) in [5.74, 6) is 0.930. The molecule has 2 heterocycles. The van der Waals surface area contributed by atoms with Gasteiger partial charge in [-0.05, 0) is 47.0 Å². The number of aromatic nitrogens is 1. The summed E-state index contributed by atoms with van der Waals surface area (Å²) in [6, 6.07) is 6.50. The number of nitrogens with zero attached hydrogens (tertiary/aromatic N) is 3. The predicted molar refractivity (Wildman–Crippen MR) is 91.3 cm³/mol. The Bertz CT molecular complexity index is 761. The van der Waals surface area contributed by atoms with Gasteiger partial charge in [0.25, 0.3) is 0 Å². The van der Waals surface area contributed by atoms with E-state index in [1.54, 1.807) is 0 Å². The van der Waals surface area contributed by atoms with Gasteiger partial charge in [-0.1, -0.05) is 6.92 Å². The van der Waals surface area contributed by atoms with E-state index in [1.807, 2.05) is 19.1 Å². The second kappa shape index (κ2) is 6.23. The van der Waals surface area contributed by atoms with Gasteiger partial charge in [-0.25, -0.2) is 4.98 Å². The highest BCUT2D eigenvalue weighted by Crippen LogP contribution is 2.33. The largest absolute Gasteiger partial charge is 0.378 e. The van der Waals surface area contributed by atoms with E-state index >= 15 is 0 Å². The summed E-state index contributed by atoms with van der Waals surface area (Å²) in [5.41, 5.74) is 3.77. The topological polar surface area (TPSA) is 49.1 Å². The summed E-state index contributed by atoms with van der Waals surface area (Å²) in [4.78, 5) is 7.12. The van der Waals surface area contributed by atoms with Crippen molar-refractivity contribution >= 4 is 32.7 Å². The van der Waals surface area contributed by atoms with E-state index in [9.17, 15) is 5.26 Å². The van der Waals surface area contributed by atoms with E-state index in [1.165, 1.54) is 0 Å². The molecule has 0 amide bonds. The number of pyridine rings is 1. The van der Waals surface area contributed by atoms with Crippen LogP contribution in [-0.2, 0) is 11.2 Å². The van der Waals surface area contributed by atoms with Gasteiger partial charge in [0.05, 0.1) is 24.3 Å². The van der Waals surface area contributed by atoms with Crippen molar-refractivity contribution < 1.29 is 4.74 Å². The Hall–Kier alpha value is -1.64. The van der Waals surface area contributed by atoms with Crippen molar-refractivity contribution in [1.82, 2.24) is 4.98 Å². The normalized spacial score (nSPS) is 15.1. The quantitative estimate of drug-likeness (QED) is 0.822. The Morgan fingerprint density at radius 3 is 2.73 bits per heavy atom. The fraction of sp³-hybridized carbons (Fsp3) is 0.412. The summed E-state index contributed by atoms with van der Waals surface area (Å²) >= 11 is 3.60. The molecule has 2 aromatic rings. The molecule has 0 bridgehead atoms. The molecule has 22 heavy (non-hydrogen) atoms. The Balaban J connectivity index is 2.30. The third-order valence-electron chi connectivity index (χ3n) is 4.04. The first kappa shape index (κ1) is 15.3. The number of aryl methyl sites for hydroxylation is 1. The fourth-order valence-electron chi connectivity index (χ4n) is 2.99. The number of ether oxygens (including phenoxy) is 1. The van der Waals surface area contributed by atoms with Gasteiger partial charge in [-0.2, -0.15) is 5.26 Å². The summed E-state index contributed by atoms with van der Waals surface area (Å²) in [6.07, 6.45) is 0.796. The third-order valence-corrected chi connectivity index (χ3v) is 4.65. The van der Waals surface area contributed by atoms with E-state index in [0.29, 0.717) is 13.2 Å². The zero-order valence-electron chi connectivity index (χ0n) is 12.8. The summed E-state index contributed by atoms with van der Waals surface area (Å²) in [6.45, 7) is 7.17. The molecule has 5 heteroatoms. The highest BCUT2D eigenvalue weighted by atomic mass is 79.9. The molecular formula is C17H18BrN3O. The minimum Gasteiger partial charge on any atom is -0.378 e. The van der Waals surface area contributed by atoms with Gasteiger partial charge in [0.1, 0.15) is 11.9 Å². The molecule has 1 aliphatic rings. The van der Waals surface area contributed by atoms with Crippen LogP contribution in [0.5, 0.6) is 0 Å². The van der Waals surface area contributed by atoms with Crippen LogP contribution in [-0.4, -0.2) is 31.3 Å². The number of benzene rings is 1. The van der Waals surface area contributed by atoms with Crippen molar-refractivity contribution in [2.45, 2.75) is 20.3 Å². The molecule has 3 rings (SSSR count). The van der Waals surface area contributed by atoms with Gasteiger partial charge in [0, 0.05) is 28.5 Å². The summed E-state index contributed by atoms with van der Waals surface area (Å²) in [7, 11) is 0. The maximum absolute atomic E-state index is 9.72. The number of hydrogen-bond acceptors (Lipinski definition) is 4. The number of hydrogen-bond donors (Lipinski definition) is 0. The second-order valence-electron chi connectivity index (χ2n) is 5.50. The number of morpholine rings is 1. The number of fused-ring (bicyclic) bond motifs is 1. The fourth-order valence-corrected chi connectivity index (χ4v) is 3.65. The molecular weight excluding hydrogens is 342 g/mol. The Morgan fingerprint density at radius 1 is 1.36 bits per heavy atom. The van der Waals surface area contributed by atoms with E-state index in [0.717, 1.165) is 57.4 Å². The molecule has 114 valence electrons. The molecule has 4 nitrogen and oxygen atoms in total. The Kier molecular flexibility index (Phi) is 4.32. The predicted octanol–water partition coefficient (Wildman–Crippen LogP) is 3.58. The number of anilines is 1. The van der Waals surface area contributed by atoms with Crippen LogP contribution in [0.15, 0.2) is 16.6 Å². The van der Waals surface area contributed by atoms with Crippen molar-refractivity contribution in [3.8, 4) is 6.07 Å². The van der Waals surface area contributed by atoms with Gasteiger partial charge in [-0.3, -0.25) is 0 Å². The van der Waals surface area contributed by atoms with Gasteiger partial charge in [0.2, 0.25) is 0 Å². The smallest absolute Gasteiger partial charge is 0.134 e. The zero-order chi connectivity index (χ0) is 15.7. The molecule has 0 atom stereocenters. The standard InChI is InChI=1S/C17H18BrN3O/c1-3-12-14(10-19)13-8-11(2)9-15(18)16(13)20-17(12)21-4-6-22-7-5-21/h8-9H,3-7H2,1-2H3. The molecule has 1 fully saturated rings. The lowest BCUT2D eigenvalue weighted by Gasteiger charge is -2.30. The molecule has 0 N–H and O–H groups in total. The van der Waals surface area contributed by atoms with E-state index in [2.05, 4.69) is 33.8 Å². The van der Waals surface area contributed by atoms with Crippen molar-refractivity contribution in [3.63, 3.8) is 0 Å². The van der Waals surface area contributed by atoms with Crippen LogP contribution in [0.2, 0.25) is 0 Å². The molecule has 1 aliphatic heterocycles. The maximum Gasteiger partial charge on any atom is 0.134 e. The highest BCUT2D eigenvalue weighted by Gasteiger charge is 2.21. The first-order chi connectivity index (χ1) is 10.7. The molecule has 0 spiro atoms. The SMILES string of the molecule is CCc1c(N2CCOCC2)nc2c(Br)cc(C)cc2c1C#N. The molecule has 1 aromatic heterocycles. The minimum absolute atomic E-state index is 0.708. The number of rotatable bonds is 2. The van der Waals surface area contributed by atoms with Crippen LogP contribution in [0.25, 0.3) is 10.9 Å². The summed E-state index contributed by atoms with van der Waals surface area (Å²) < 4.78 is 6.38. The van der Waals surface area contributed by atoms with E-state index < -0.39 is 0 Å².